The van der Waals surface area contributed by atoms with Gasteiger partial charge in [-0.05, 0) is 19.9 Å². The van der Waals surface area contributed by atoms with Crippen LogP contribution in [0.5, 0.6) is 0 Å². The second-order valence-corrected chi connectivity index (χ2v) is 4.87. The molecule has 2 rings (SSSR count). The number of amides is 1. The fraction of sp³-hybridized carbons (Fsp3) is 0.462. The first-order valence-corrected chi connectivity index (χ1v) is 5.78. The summed E-state index contributed by atoms with van der Waals surface area (Å²) in [5.41, 5.74) is 0.0160. The van der Waals surface area contributed by atoms with Gasteiger partial charge in [-0.1, -0.05) is 18.2 Å². The minimum absolute atomic E-state index is 0.0204. The highest BCUT2D eigenvalue weighted by atomic mass is 19.1. The molecule has 1 saturated heterocycles. The molecule has 1 N–H and O–H groups in total. The number of rotatable bonds is 2. The van der Waals surface area contributed by atoms with Gasteiger partial charge < -0.3 is 10.2 Å². The van der Waals surface area contributed by atoms with Crippen molar-refractivity contribution in [2.45, 2.75) is 25.9 Å². The molecule has 1 aliphatic heterocycles. The summed E-state index contributed by atoms with van der Waals surface area (Å²) in [4.78, 5) is 13.8. The maximum atomic E-state index is 13.5. The number of hydrogen-bond acceptors (Lipinski definition) is 2. The highest BCUT2D eigenvalue weighted by Gasteiger charge is 2.35. The summed E-state index contributed by atoms with van der Waals surface area (Å²) in [5, 5.41) is 3.15. The Kier molecular flexibility index (Phi) is 3.15. The maximum absolute atomic E-state index is 13.5. The molecule has 4 heteroatoms. The zero-order chi connectivity index (χ0) is 12.5. The molecule has 0 unspecified atom stereocenters. The average Bonchev–Trinajstić information content (AvgIpc) is 2.28. The third-order valence-corrected chi connectivity index (χ3v) is 3.09. The van der Waals surface area contributed by atoms with Gasteiger partial charge in [0, 0.05) is 25.2 Å². The second kappa shape index (κ2) is 4.45. The molecule has 92 valence electrons. The molecule has 0 radical (unpaired) electrons. The summed E-state index contributed by atoms with van der Waals surface area (Å²) < 4.78 is 13.5. The first-order valence-electron chi connectivity index (χ1n) is 5.78. The molecule has 0 bridgehead atoms. The van der Waals surface area contributed by atoms with E-state index in [-0.39, 0.29) is 11.7 Å². The molecule has 1 aromatic carbocycles. The van der Waals surface area contributed by atoms with Crippen molar-refractivity contribution in [1.29, 1.82) is 0 Å². The number of carbonyl (C=O) groups excluding carboxylic acids is 1. The minimum atomic E-state index is -0.552. The number of halogens is 1. The lowest BCUT2D eigenvalue weighted by Crippen LogP contribution is -2.60. The van der Waals surface area contributed by atoms with E-state index in [4.69, 9.17) is 0 Å². The first-order chi connectivity index (χ1) is 8.00. The van der Waals surface area contributed by atoms with Crippen molar-refractivity contribution in [2.24, 2.45) is 0 Å². The van der Waals surface area contributed by atoms with E-state index in [0.29, 0.717) is 18.7 Å². The van der Waals surface area contributed by atoms with Gasteiger partial charge in [0.05, 0.1) is 5.54 Å². The van der Waals surface area contributed by atoms with Gasteiger partial charge in [0.25, 0.3) is 0 Å². The third-order valence-electron chi connectivity index (χ3n) is 3.09. The van der Waals surface area contributed by atoms with Crippen molar-refractivity contribution in [3.63, 3.8) is 0 Å². The maximum Gasteiger partial charge on any atom is 0.242 e. The minimum Gasteiger partial charge on any atom is -0.335 e. The molecule has 0 saturated carbocycles. The highest BCUT2D eigenvalue weighted by Crippen LogP contribution is 2.16. The van der Waals surface area contributed by atoms with Crippen LogP contribution in [0.2, 0.25) is 0 Å². The quantitative estimate of drug-likeness (QED) is 0.844. The molecule has 3 nitrogen and oxygen atoms in total. The van der Waals surface area contributed by atoms with Gasteiger partial charge in [-0.2, -0.15) is 0 Å². The molecular formula is C13H17FN2O. The van der Waals surface area contributed by atoms with Crippen LogP contribution in [0, 0.1) is 5.82 Å². The van der Waals surface area contributed by atoms with Gasteiger partial charge in [0.1, 0.15) is 5.82 Å². The summed E-state index contributed by atoms with van der Waals surface area (Å²) in [7, 11) is 0. The number of piperazine rings is 1. The van der Waals surface area contributed by atoms with E-state index in [1.807, 2.05) is 13.8 Å². The van der Waals surface area contributed by atoms with Crippen LogP contribution >= 0.6 is 0 Å². The lowest BCUT2D eigenvalue weighted by molar-refractivity contribution is -0.140. The fourth-order valence-electron chi connectivity index (χ4n) is 2.06. The van der Waals surface area contributed by atoms with E-state index in [9.17, 15) is 9.18 Å². The van der Waals surface area contributed by atoms with Crippen LogP contribution in [0.25, 0.3) is 0 Å². The molecule has 1 heterocycles. The van der Waals surface area contributed by atoms with Gasteiger partial charge in [-0.25, -0.2) is 4.39 Å². The Morgan fingerprint density at radius 2 is 2.12 bits per heavy atom. The Bertz CT molecular complexity index is 431. The fourth-order valence-corrected chi connectivity index (χ4v) is 2.06. The molecule has 1 aromatic rings. The van der Waals surface area contributed by atoms with Crippen molar-refractivity contribution < 1.29 is 9.18 Å². The standard InChI is InChI=1S/C13H17FN2O/c1-13(2)12(17)16(8-7-15-13)9-10-5-3-4-6-11(10)14/h3-6,15H,7-9H2,1-2H3. The molecule has 1 fully saturated rings. The van der Waals surface area contributed by atoms with E-state index in [2.05, 4.69) is 5.32 Å². The van der Waals surface area contributed by atoms with E-state index in [1.165, 1.54) is 6.07 Å². The zero-order valence-corrected chi connectivity index (χ0v) is 10.2. The Hall–Kier alpha value is -1.42. The average molecular weight is 236 g/mol. The lowest BCUT2D eigenvalue weighted by Gasteiger charge is -2.38. The first kappa shape index (κ1) is 12.0. The molecule has 17 heavy (non-hydrogen) atoms. The SMILES string of the molecule is CC1(C)NCCN(Cc2ccccc2F)C1=O. The van der Waals surface area contributed by atoms with Crippen LogP contribution in [-0.2, 0) is 11.3 Å². The van der Waals surface area contributed by atoms with Crippen LogP contribution < -0.4 is 5.32 Å². The van der Waals surface area contributed by atoms with E-state index >= 15 is 0 Å². The molecular weight excluding hydrogens is 219 g/mol. The topological polar surface area (TPSA) is 32.3 Å². The van der Waals surface area contributed by atoms with E-state index in [0.717, 1.165) is 6.54 Å². The Morgan fingerprint density at radius 3 is 2.82 bits per heavy atom. The van der Waals surface area contributed by atoms with Crippen LogP contribution in [0.1, 0.15) is 19.4 Å². The number of hydrogen-bond donors (Lipinski definition) is 1. The number of benzene rings is 1. The van der Waals surface area contributed by atoms with E-state index < -0.39 is 5.54 Å². The van der Waals surface area contributed by atoms with Gasteiger partial charge >= 0.3 is 0 Å². The van der Waals surface area contributed by atoms with Gasteiger partial charge in [0.15, 0.2) is 0 Å². The third kappa shape index (κ3) is 2.47. The van der Waals surface area contributed by atoms with Crippen LogP contribution in [0.15, 0.2) is 24.3 Å². The smallest absolute Gasteiger partial charge is 0.242 e. The highest BCUT2D eigenvalue weighted by molar-refractivity contribution is 5.86. The van der Waals surface area contributed by atoms with Crippen molar-refractivity contribution in [2.75, 3.05) is 13.1 Å². The number of nitrogens with zero attached hydrogens (tertiary/aromatic N) is 1. The Balaban J connectivity index is 2.14. The normalized spacial score (nSPS) is 19.5. The van der Waals surface area contributed by atoms with Crippen molar-refractivity contribution >= 4 is 5.91 Å². The molecule has 0 spiro atoms. The molecule has 1 aliphatic rings. The molecule has 0 aromatic heterocycles. The largest absolute Gasteiger partial charge is 0.335 e. The number of carbonyl (C=O) groups is 1. The van der Waals surface area contributed by atoms with Crippen molar-refractivity contribution in [3.05, 3.63) is 35.6 Å². The zero-order valence-electron chi connectivity index (χ0n) is 10.2. The van der Waals surface area contributed by atoms with Crippen LogP contribution in [-0.4, -0.2) is 29.4 Å². The monoisotopic (exact) mass is 236 g/mol. The van der Waals surface area contributed by atoms with Crippen molar-refractivity contribution in [1.82, 2.24) is 10.2 Å². The predicted octanol–water partition coefficient (Wildman–Crippen LogP) is 1.54. The summed E-state index contributed by atoms with van der Waals surface area (Å²) in [6.07, 6.45) is 0. The molecule has 1 amide bonds. The Morgan fingerprint density at radius 1 is 1.41 bits per heavy atom. The van der Waals surface area contributed by atoms with Crippen LogP contribution in [0.4, 0.5) is 4.39 Å². The summed E-state index contributed by atoms with van der Waals surface area (Å²) >= 11 is 0. The molecule has 0 atom stereocenters. The summed E-state index contributed by atoms with van der Waals surface area (Å²) in [6.45, 7) is 5.41. The van der Waals surface area contributed by atoms with Gasteiger partial charge in [-0.15, -0.1) is 0 Å². The van der Waals surface area contributed by atoms with E-state index in [1.54, 1.807) is 23.1 Å². The van der Waals surface area contributed by atoms with Crippen LogP contribution in [0.3, 0.4) is 0 Å². The van der Waals surface area contributed by atoms with Gasteiger partial charge in [-0.3, -0.25) is 4.79 Å². The Labute approximate surface area is 101 Å². The lowest BCUT2D eigenvalue weighted by atomic mass is 10.0. The summed E-state index contributed by atoms with van der Waals surface area (Å²) in [5.74, 6) is -0.233. The van der Waals surface area contributed by atoms with Crippen molar-refractivity contribution in [3.8, 4) is 0 Å². The van der Waals surface area contributed by atoms with Gasteiger partial charge in [0.2, 0.25) is 5.91 Å². The number of nitrogens with one attached hydrogen (secondary N) is 1. The second-order valence-electron chi connectivity index (χ2n) is 4.87. The molecule has 0 aliphatic carbocycles. The summed E-state index contributed by atoms with van der Waals surface area (Å²) in [6, 6.07) is 6.59. The predicted molar refractivity (Wildman–Crippen MR) is 63.9 cm³/mol.